The fourth-order valence-corrected chi connectivity index (χ4v) is 3.66. The van der Waals surface area contributed by atoms with Crippen LogP contribution in [-0.4, -0.2) is 47.7 Å². The van der Waals surface area contributed by atoms with Crippen LogP contribution in [0.15, 0.2) is 78.9 Å². The van der Waals surface area contributed by atoms with Gasteiger partial charge in [-0.15, -0.1) is 0 Å². The van der Waals surface area contributed by atoms with Crippen molar-refractivity contribution in [3.8, 4) is 0 Å². The third kappa shape index (κ3) is 4.45. The second-order valence-corrected chi connectivity index (χ2v) is 7.33. The third-order valence-corrected chi connectivity index (χ3v) is 5.42. The number of non-ortho nitro benzene ring substituents is 1. The molecule has 1 heterocycles. The molecular formula is C24H21N3O4. The van der Waals surface area contributed by atoms with E-state index in [-0.39, 0.29) is 17.4 Å². The van der Waals surface area contributed by atoms with Gasteiger partial charge in [-0.3, -0.25) is 19.7 Å². The van der Waals surface area contributed by atoms with Gasteiger partial charge in [0, 0.05) is 60.7 Å². The maximum Gasteiger partial charge on any atom is 0.269 e. The number of nitrogens with zero attached hydrogens (tertiary/aromatic N) is 3. The van der Waals surface area contributed by atoms with Gasteiger partial charge in [-0.2, -0.15) is 0 Å². The zero-order chi connectivity index (χ0) is 21.8. The van der Waals surface area contributed by atoms with Crippen molar-refractivity contribution in [2.45, 2.75) is 0 Å². The van der Waals surface area contributed by atoms with Crippen LogP contribution in [0.1, 0.15) is 26.3 Å². The van der Waals surface area contributed by atoms with Crippen LogP contribution < -0.4 is 4.90 Å². The second kappa shape index (κ2) is 8.79. The molecule has 1 aliphatic heterocycles. The molecule has 0 atom stereocenters. The molecule has 31 heavy (non-hydrogen) atoms. The minimum Gasteiger partial charge on any atom is -0.368 e. The van der Waals surface area contributed by atoms with Crippen LogP contribution in [-0.2, 0) is 0 Å². The molecular weight excluding hydrogens is 394 g/mol. The molecule has 0 radical (unpaired) electrons. The molecule has 1 amide bonds. The fraction of sp³-hybridized carbons (Fsp3) is 0.167. The van der Waals surface area contributed by atoms with Gasteiger partial charge in [-0.1, -0.05) is 42.5 Å². The molecule has 0 aromatic heterocycles. The predicted molar refractivity (Wildman–Crippen MR) is 118 cm³/mol. The number of carbonyl (C=O) groups is 2. The Bertz CT molecular complexity index is 1090. The van der Waals surface area contributed by atoms with E-state index >= 15 is 0 Å². The summed E-state index contributed by atoms with van der Waals surface area (Å²) in [6.45, 7) is 2.41. The molecule has 156 valence electrons. The SMILES string of the molecule is O=C(c1ccccc1)c1ccc(C(=O)N2CCN(c3ccc([N+](=O)[O-])cc3)CC2)cc1. The summed E-state index contributed by atoms with van der Waals surface area (Å²) in [6.07, 6.45) is 0. The van der Waals surface area contributed by atoms with Crippen LogP contribution in [0, 0.1) is 10.1 Å². The Hall–Kier alpha value is -4.00. The van der Waals surface area contributed by atoms with Crippen molar-refractivity contribution in [1.82, 2.24) is 4.90 Å². The molecule has 0 N–H and O–H groups in total. The monoisotopic (exact) mass is 415 g/mol. The molecule has 1 aliphatic rings. The minimum absolute atomic E-state index is 0.0618. The molecule has 3 aromatic carbocycles. The molecule has 7 nitrogen and oxygen atoms in total. The van der Waals surface area contributed by atoms with E-state index in [1.54, 1.807) is 53.4 Å². The number of carbonyl (C=O) groups excluding carboxylic acids is 2. The minimum atomic E-state index is -0.418. The number of anilines is 1. The number of piperazine rings is 1. The van der Waals surface area contributed by atoms with Gasteiger partial charge in [-0.05, 0) is 24.3 Å². The highest BCUT2D eigenvalue weighted by molar-refractivity contribution is 6.09. The van der Waals surface area contributed by atoms with Gasteiger partial charge in [0.25, 0.3) is 11.6 Å². The van der Waals surface area contributed by atoms with E-state index in [0.29, 0.717) is 42.9 Å². The van der Waals surface area contributed by atoms with Gasteiger partial charge in [0.2, 0.25) is 0 Å². The maximum absolute atomic E-state index is 12.9. The summed E-state index contributed by atoms with van der Waals surface area (Å²) in [5.41, 5.74) is 2.68. The van der Waals surface area contributed by atoms with Crippen LogP contribution in [0.2, 0.25) is 0 Å². The summed E-state index contributed by atoms with van der Waals surface area (Å²) in [5, 5.41) is 10.8. The molecule has 0 aliphatic carbocycles. The molecule has 3 aromatic rings. The summed E-state index contributed by atoms with van der Waals surface area (Å²) >= 11 is 0. The van der Waals surface area contributed by atoms with E-state index < -0.39 is 4.92 Å². The zero-order valence-electron chi connectivity index (χ0n) is 16.8. The van der Waals surface area contributed by atoms with Gasteiger partial charge in [0.15, 0.2) is 5.78 Å². The van der Waals surface area contributed by atoms with Crippen LogP contribution in [0.3, 0.4) is 0 Å². The number of ketones is 1. The highest BCUT2D eigenvalue weighted by Gasteiger charge is 2.23. The fourth-order valence-electron chi connectivity index (χ4n) is 3.66. The summed E-state index contributed by atoms with van der Waals surface area (Å²) in [6, 6.07) is 22.3. The number of rotatable bonds is 5. The van der Waals surface area contributed by atoms with Gasteiger partial charge in [0.1, 0.15) is 0 Å². The lowest BCUT2D eigenvalue weighted by Gasteiger charge is -2.36. The van der Waals surface area contributed by atoms with Crippen LogP contribution in [0.25, 0.3) is 0 Å². The van der Waals surface area contributed by atoms with Crippen molar-refractivity contribution >= 4 is 23.1 Å². The number of nitro groups is 1. The van der Waals surface area contributed by atoms with Crippen molar-refractivity contribution in [3.63, 3.8) is 0 Å². The number of hydrogen-bond donors (Lipinski definition) is 0. The van der Waals surface area contributed by atoms with E-state index in [0.717, 1.165) is 5.69 Å². The molecule has 0 bridgehead atoms. The van der Waals surface area contributed by atoms with Crippen LogP contribution in [0.5, 0.6) is 0 Å². The third-order valence-electron chi connectivity index (χ3n) is 5.42. The zero-order valence-corrected chi connectivity index (χ0v) is 16.8. The molecule has 4 rings (SSSR count). The molecule has 1 saturated heterocycles. The molecule has 1 fully saturated rings. The highest BCUT2D eigenvalue weighted by Crippen LogP contribution is 2.21. The van der Waals surface area contributed by atoms with E-state index in [4.69, 9.17) is 0 Å². The number of benzene rings is 3. The van der Waals surface area contributed by atoms with Crippen molar-refractivity contribution in [2.75, 3.05) is 31.1 Å². The van der Waals surface area contributed by atoms with E-state index in [9.17, 15) is 19.7 Å². The predicted octanol–water partition coefficient (Wildman–Crippen LogP) is 3.79. The van der Waals surface area contributed by atoms with Gasteiger partial charge in [-0.25, -0.2) is 0 Å². The number of nitro benzene ring substituents is 1. The first kappa shape index (κ1) is 20.3. The van der Waals surface area contributed by atoms with E-state index in [1.807, 2.05) is 18.2 Å². The maximum atomic E-state index is 12.9. The molecule has 0 saturated carbocycles. The average Bonchev–Trinajstić information content (AvgIpc) is 2.84. The lowest BCUT2D eigenvalue weighted by atomic mass is 10.0. The quantitative estimate of drug-likeness (QED) is 0.360. The largest absolute Gasteiger partial charge is 0.368 e. The lowest BCUT2D eigenvalue weighted by molar-refractivity contribution is -0.384. The van der Waals surface area contributed by atoms with Crippen LogP contribution in [0.4, 0.5) is 11.4 Å². The van der Waals surface area contributed by atoms with Crippen molar-refractivity contribution < 1.29 is 14.5 Å². The van der Waals surface area contributed by atoms with Crippen molar-refractivity contribution in [1.29, 1.82) is 0 Å². The van der Waals surface area contributed by atoms with Gasteiger partial charge < -0.3 is 9.80 Å². The molecule has 0 unspecified atom stereocenters. The first-order valence-electron chi connectivity index (χ1n) is 10.0. The summed E-state index contributed by atoms with van der Waals surface area (Å²) in [4.78, 5) is 39.7. The van der Waals surface area contributed by atoms with E-state index in [1.165, 1.54) is 12.1 Å². The second-order valence-electron chi connectivity index (χ2n) is 7.33. The normalized spacial score (nSPS) is 13.7. The Morgan fingerprint density at radius 1 is 0.710 bits per heavy atom. The standard InChI is InChI=1S/C24H21N3O4/c28-23(18-4-2-1-3-5-18)19-6-8-20(9-7-19)24(29)26-16-14-25(15-17-26)21-10-12-22(13-11-21)27(30)31/h1-13H,14-17H2. The first-order valence-corrected chi connectivity index (χ1v) is 10.0. The van der Waals surface area contributed by atoms with Crippen molar-refractivity contribution in [3.05, 3.63) is 106 Å². The Kier molecular flexibility index (Phi) is 5.75. The van der Waals surface area contributed by atoms with Crippen LogP contribution >= 0.6 is 0 Å². The van der Waals surface area contributed by atoms with E-state index in [2.05, 4.69) is 4.90 Å². The summed E-state index contributed by atoms with van der Waals surface area (Å²) < 4.78 is 0. The molecule has 0 spiro atoms. The first-order chi connectivity index (χ1) is 15.0. The summed E-state index contributed by atoms with van der Waals surface area (Å²) in [5.74, 6) is -0.140. The topological polar surface area (TPSA) is 83.8 Å². The number of hydrogen-bond acceptors (Lipinski definition) is 5. The Morgan fingerprint density at radius 3 is 1.84 bits per heavy atom. The Balaban J connectivity index is 1.37. The summed E-state index contributed by atoms with van der Waals surface area (Å²) in [7, 11) is 0. The highest BCUT2D eigenvalue weighted by atomic mass is 16.6. The molecule has 7 heteroatoms. The van der Waals surface area contributed by atoms with Crippen molar-refractivity contribution in [2.24, 2.45) is 0 Å². The average molecular weight is 415 g/mol. The smallest absolute Gasteiger partial charge is 0.269 e. The number of amides is 1. The lowest BCUT2D eigenvalue weighted by Crippen LogP contribution is -2.48. The van der Waals surface area contributed by atoms with Gasteiger partial charge in [0.05, 0.1) is 4.92 Å². The Labute approximate surface area is 179 Å². The Morgan fingerprint density at radius 2 is 1.26 bits per heavy atom. The van der Waals surface area contributed by atoms with Gasteiger partial charge >= 0.3 is 0 Å².